The first-order valence-electron chi connectivity index (χ1n) is 8.06. The molecule has 20 heavy (non-hydrogen) atoms. The van der Waals surface area contributed by atoms with E-state index in [2.05, 4.69) is 44.7 Å². The molecule has 5 heteroatoms. The fourth-order valence-corrected chi connectivity index (χ4v) is 5.48. The Kier molecular flexibility index (Phi) is 6.12. The maximum Gasteiger partial charge on any atom is 0.145 e. The van der Waals surface area contributed by atoms with Gasteiger partial charge in [-0.3, -0.25) is 4.29 Å². The van der Waals surface area contributed by atoms with Crippen LogP contribution in [0.5, 0.6) is 0 Å². The number of hydrogen-bond donors (Lipinski definition) is 0. The largest absolute Gasteiger partial charge is 0.312 e. The molecule has 0 heterocycles. The topological polar surface area (TPSA) is 18.5 Å². The van der Waals surface area contributed by atoms with Crippen LogP contribution in [0.25, 0.3) is 0 Å². The van der Waals surface area contributed by atoms with Crippen molar-refractivity contribution >= 4 is 42.7 Å². The van der Waals surface area contributed by atoms with Gasteiger partial charge in [-0.1, -0.05) is 26.7 Å². The Labute approximate surface area is 144 Å². The van der Waals surface area contributed by atoms with Crippen LogP contribution in [0.2, 0.25) is 0 Å². The summed E-state index contributed by atoms with van der Waals surface area (Å²) in [6.45, 7) is 4.70. The summed E-state index contributed by atoms with van der Waals surface area (Å²) in [6, 6.07) is 0. The normalized spacial score (nSPS) is 43.0. The maximum absolute atomic E-state index is 5.90. The molecule has 0 aliphatic heterocycles. The van der Waals surface area contributed by atoms with Crippen molar-refractivity contribution in [1.82, 2.24) is 0 Å². The minimum Gasteiger partial charge on any atom is -0.312 e. The molecule has 2 aliphatic rings. The summed E-state index contributed by atoms with van der Waals surface area (Å²) in [5.74, 6) is 1.65. The van der Waals surface area contributed by atoms with Crippen LogP contribution in [-0.4, -0.2) is 19.5 Å². The summed E-state index contributed by atoms with van der Waals surface area (Å²) >= 11 is 7.83. The highest BCUT2D eigenvalue weighted by Gasteiger charge is 2.53. The molecule has 0 aromatic carbocycles. The van der Waals surface area contributed by atoms with Crippen LogP contribution >= 0.6 is 34.9 Å². The molecule has 0 amide bonds. The summed E-state index contributed by atoms with van der Waals surface area (Å²) < 4.78 is 11.1. The molecule has 2 rings (SSSR count). The van der Waals surface area contributed by atoms with E-state index in [-0.39, 0.29) is 5.50 Å². The first-order valence-corrected chi connectivity index (χ1v) is 9.25. The van der Waals surface area contributed by atoms with Crippen molar-refractivity contribution in [2.45, 2.75) is 76.8 Å². The van der Waals surface area contributed by atoms with Gasteiger partial charge in [-0.15, -0.1) is 0 Å². The van der Waals surface area contributed by atoms with E-state index in [0.717, 1.165) is 24.7 Å². The van der Waals surface area contributed by atoms with E-state index in [0.29, 0.717) is 11.5 Å². The third-order valence-corrected chi connectivity index (χ3v) is 6.92. The zero-order chi connectivity index (χ0) is 14.8. The van der Waals surface area contributed by atoms with Crippen LogP contribution < -0.4 is 0 Å². The van der Waals surface area contributed by atoms with Gasteiger partial charge < -0.3 is 3.07 Å². The molecule has 1 spiro atoms. The highest BCUT2D eigenvalue weighted by Crippen LogP contribution is 2.56. The summed E-state index contributed by atoms with van der Waals surface area (Å²) in [6.07, 6.45) is 10.1. The Hall–Kier alpha value is 1.00. The van der Waals surface area contributed by atoms with Gasteiger partial charge in [0.2, 0.25) is 0 Å². The molecule has 116 valence electrons. The Morgan fingerprint density at radius 2 is 2.15 bits per heavy atom. The van der Waals surface area contributed by atoms with Crippen molar-refractivity contribution in [3.63, 3.8) is 0 Å². The highest BCUT2D eigenvalue weighted by atomic mass is 127. The van der Waals surface area contributed by atoms with E-state index in [9.17, 15) is 0 Å². The third-order valence-electron chi connectivity index (χ3n) is 5.93. The van der Waals surface area contributed by atoms with Gasteiger partial charge in [-0.05, 0) is 55.8 Å². The predicted molar refractivity (Wildman–Crippen MR) is 94.8 cm³/mol. The lowest BCUT2D eigenvalue weighted by Crippen LogP contribution is -2.42. The average Bonchev–Trinajstić information content (AvgIpc) is 2.78. The highest BCUT2D eigenvalue weighted by molar-refractivity contribution is 14.1. The van der Waals surface area contributed by atoms with E-state index in [1.807, 2.05) is 0 Å². The second-order valence-electron chi connectivity index (χ2n) is 7.44. The summed E-state index contributed by atoms with van der Waals surface area (Å²) in [5.41, 5.74) is 0.143. The van der Waals surface area contributed by atoms with E-state index in [1.165, 1.54) is 38.5 Å². The van der Waals surface area contributed by atoms with Crippen molar-refractivity contribution in [2.24, 2.45) is 17.3 Å². The van der Waals surface area contributed by atoms with Crippen molar-refractivity contribution in [2.75, 3.05) is 0 Å². The molecule has 0 saturated heterocycles. The number of rotatable bonds is 5. The van der Waals surface area contributed by atoms with Gasteiger partial charge in [0.1, 0.15) is 30.9 Å². The van der Waals surface area contributed by atoms with Gasteiger partial charge >= 0.3 is 0 Å². The molecular formula is C15H27BClIO2. The molecule has 0 aromatic heterocycles. The van der Waals surface area contributed by atoms with Crippen LogP contribution in [0.15, 0.2) is 0 Å². The van der Waals surface area contributed by atoms with Crippen molar-refractivity contribution in [3.8, 4) is 0 Å². The Morgan fingerprint density at radius 1 is 1.40 bits per heavy atom. The van der Waals surface area contributed by atoms with E-state index in [4.69, 9.17) is 19.2 Å². The Balaban J connectivity index is 2.04. The first kappa shape index (κ1) is 17.4. The Bertz CT molecular complexity index is 333. The van der Waals surface area contributed by atoms with Crippen LogP contribution in [0.4, 0.5) is 0 Å². The fraction of sp³-hybridized carbons (Fsp3) is 1.00. The number of halogens is 2. The van der Waals surface area contributed by atoms with Gasteiger partial charge in [0.15, 0.2) is 0 Å². The molecule has 2 nitrogen and oxygen atoms in total. The smallest absolute Gasteiger partial charge is 0.145 e. The minimum absolute atomic E-state index is 0.156. The van der Waals surface area contributed by atoms with E-state index < -0.39 is 0 Å². The predicted octanol–water partition coefficient (Wildman–Crippen LogP) is 4.63. The minimum atomic E-state index is -0.156. The molecular weight excluding hydrogens is 385 g/mol. The third kappa shape index (κ3) is 3.49. The summed E-state index contributed by atoms with van der Waals surface area (Å²) in [4.78, 5) is 0. The summed E-state index contributed by atoms with van der Waals surface area (Å²) in [7, 11) is 2.14. The quantitative estimate of drug-likeness (QED) is 0.484. The van der Waals surface area contributed by atoms with Gasteiger partial charge in [0.25, 0.3) is 0 Å². The lowest BCUT2D eigenvalue weighted by Gasteiger charge is -2.45. The Morgan fingerprint density at radius 3 is 2.70 bits per heavy atom. The second-order valence-corrected chi connectivity index (χ2v) is 8.11. The van der Waals surface area contributed by atoms with Crippen molar-refractivity contribution in [1.29, 1.82) is 0 Å². The second kappa shape index (κ2) is 7.05. The SMILES string of the molecule is BC1(OCl)CCC2(CCC(C(C)CCC)CC2OI)C1. The van der Waals surface area contributed by atoms with Gasteiger partial charge in [-0.25, -0.2) is 0 Å². The number of hydrogen-bond acceptors (Lipinski definition) is 2. The monoisotopic (exact) mass is 412 g/mol. The van der Waals surface area contributed by atoms with Crippen LogP contribution in [0.1, 0.15) is 65.2 Å². The van der Waals surface area contributed by atoms with E-state index in [1.54, 1.807) is 0 Å². The maximum atomic E-state index is 5.90. The van der Waals surface area contributed by atoms with Crippen LogP contribution in [0.3, 0.4) is 0 Å². The molecule has 5 atom stereocenters. The van der Waals surface area contributed by atoms with E-state index >= 15 is 0 Å². The lowest BCUT2D eigenvalue weighted by atomic mass is 9.63. The molecule has 0 bridgehead atoms. The molecule has 0 N–H and O–H groups in total. The zero-order valence-electron chi connectivity index (χ0n) is 13.0. The van der Waals surface area contributed by atoms with Crippen LogP contribution in [-0.2, 0) is 7.36 Å². The molecule has 2 fully saturated rings. The first-order chi connectivity index (χ1) is 9.48. The molecule has 2 saturated carbocycles. The van der Waals surface area contributed by atoms with Crippen LogP contribution in [0, 0.1) is 17.3 Å². The molecule has 0 aromatic rings. The standard InChI is InChI=1S/C15H27BClIO2/c1-3-4-11(2)12-5-6-14(13(9-12)19-18)7-8-15(16,10-14)20-17/h11-13H,3-10,16H2,1-2H3. The van der Waals surface area contributed by atoms with Crippen molar-refractivity contribution < 1.29 is 7.36 Å². The lowest BCUT2D eigenvalue weighted by molar-refractivity contribution is -0.00595. The fourth-order valence-electron chi connectivity index (χ4n) is 4.60. The zero-order valence-corrected chi connectivity index (χ0v) is 15.9. The average molecular weight is 413 g/mol. The molecule has 2 aliphatic carbocycles. The van der Waals surface area contributed by atoms with Crippen molar-refractivity contribution in [3.05, 3.63) is 0 Å². The summed E-state index contributed by atoms with van der Waals surface area (Å²) in [5, 5.41) is 0. The molecule has 0 radical (unpaired) electrons. The molecule has 5 unspecified atom stereocenters. The van der Waals surface area contributed by atoms with Gasteiger partial charge in [0, 0.05) is 0 Å². The van der Waals surface area contributed by atoms with Gasteiger partial charge in [0.05, 0.1) is 23.5 Å². The van der Waals surface area contributed by atoms with Gasteiger partial charge in [-0.2, -0.15) is 0 Å².